The van der Waals surface area contributed by atoms with Crippen LogP contribution in [0.3, 0.4) is 0 Å². The highest BCUT2D eigenvalue weighted by molar-refractivity contribution is 6.22. The number of esters is 1. The van der Waals surface area contributed by atoms with Gasteiger partial charge in [-0.15, -0.1) is 0 Å². The number of ether oxygens (including phenoxy) is 1. The summed E-state index contributed by atoms with van der Waals surface area (Å²) in [4.78, 5) is 63.2. The molecule has 0 saturated heterocycles. The second-order valence-electron chi connectivity index (χ2n) is 7.59. The molecule has 0 fully saturated rings. The number of hydrogen-bond acceptors (Lipinski definition) is 6. The van der Waals surface area contributed by atoms with Gasteiger partial charge in [-0.05, 0) is 55.5 Å². The quantitative estimate of drug-likeness (QED) is 0.403. The third kappa shape index (κ3) is 4.93. The van der Waals surface area contributed by atoms with E-state index in [0.29, 0.717) is 11.3 Å². The Hall–Kier alpha value is -4.79. The Balaban J connectivity index is 1.43. The lowest BCUT2D eigenvalue weighted by Gasteiger charge is -2.15. The Morgan fingerprint density at radius 3 is 2.03 bits per heavy atom. The first kappa shape index (κ1) is 23.4. The van der Waals surface area contributed by atoms with Gasteiger partial charge in [-0.2, -0.15) is 0 Å². The maximum atomic E-state index is 12.9. The van der Waals surface area contributed by atoms with Gasteiger partial charge in [0.1, 0.15) is 6.54 Å². The summed E-state index contributed by atoms with van der Waals surface area (Å²) < 4.78 is 4.94. The summed E-state index contributed by atoms with van der Waals surface area (Å²) in [6.45, 7) is 1.48. The Morgan fingerprint density at radius 1 is 0.800 bits per heavy atom. The monoisotopic (exact) mass is 471 g/mol. The van der Waals surface area contributed by atoms with Crippen LogP contribution in [0.15, 0.2) is 72.8 Å². The van der Waals surface area contributed by atoms with Crippen LogP contribution in [0.4, 0.5) is 11.4 Å². The largest absolute Gasteiger partial charge is 0.462 e. The number of fused-ring (bicyclic) bond motifs is 1. The van der Waals surface area contributed by atoms with Crippen molar-refractivity contribution in [2.24, 2.45) is 0 Å². The van der Waals surface area contributed by atoms with E-state index < -0.39 is 36.1 Å². The summed E-state index contributed by atoms with van der Waals surface area (Å²) in [5.74, 6) is -2.67. The molecule has 4 amide bonds. The first-order valence-corrected chi connectivity index (χ1v) is 10.8. The summed E-state index contributed by atoms with van der Waals surface area (Å²) in [6, 6.07) is 18.9. The Kier molecular flexibility index (Phi) is 6.68. The van der Waals surface area contributed by atoms with E-state index in [1.807, 2.05) is 0 Å². The molecule has 0 saturated carbocycles. The molecule has 3 aromatic rings. The summed E-state index contributed by atoms with van der Waals surface area (Å²) >= 11 is 0. The number of para-hydroxylation sites is 1. The number of imide groups is 1. The Labute approximate surface area is 200 Å². The molecule has 176 valence electrons. The fourth-order valence-electron chi connectivity index (χ4n) is 3.61. The van der Waals surface area contributed by atoms with Gasteiger partial charge in [0.2, 0.25) is 5.91 Å². The lowest BCUT2D eigenvalue weighted by molar-refractivity contribution is -0.116. The average molecular weight is 471 g/mol. The highest BCUT2D eigenvalue weighted by Gasteiger charge is 2.36. The molecule has 0 radical (unpaired) electrons. The summed E-state index contributed by atoms with van der Waals surface area (Å²) in [6.07, 6.45) is 0. The van der Waals surface area contributed by atoms with E-state index in [4.69, 9.17) is 4.74 Å². The molecular weight excluding hydrogens is 450 g/mol. The SMILES string of the molecule is CCOC(=O)c1ccc(NC(=O)c2ccccc2NC(=O)CN2C(=O)c3ccccc3C2=O)cc1. The molecule has 3 aromatic carbocycles. The zero-order valence-corrected chi connectivity index (χ0v) is 18.7. The molecule has 1 aliphatic heterocycles. The van der Waals surface area contributed by atoms with E-state index >= 15 is 0 Å². The molecular formula is C26H21N3O6. The van der Waals surface area contributed by atoms with Gasteiger partial charge in [0, 0.05) is 5.69 Å². The van der Waals surface area contributed by atoms with Crippen molar-refractivity contribution in [3.8, 4) is 0 Å². The van der Waals surface area contributed by atoms with Crippen molar-refractivity contribution < 1.29 is 28.7 Å². The number of benzene rings is 3. The zero-order chi connectivity index (χ0) is 24.9. The Morgan fingerprint density at radius 2 is 1.40 bits per heavy atom. The minimum atomic E-state index is -0.626. The van der Waals surface area contributed by atoms with Gasteiger partial charge < -0.3 is 15.4 Å². The molecule has 9 heteroatoms. The van der Waals surface area contributed by atoms with Crippen molar-refractivity contribution >= 4 is 41.0 Å². The second kappa shape index (κ2) is 10.0. The number of rotatable bonds is 7. The maximum absolute atomic E-state index is 12.9. The van der Waals surface area contributed by atoms with Crippen LogP contribution in [0.5, 0.6) is 0 Å². The predicted molar refractivity (Wildman–Crippen MR) is 127 cm³/mol. The van der Waals surface area contributed by atoms with Gasteiger partial charge >= 0.3 is 5.97 Å². The van der Waals surface area contributed by atoms with Crippen molar-refractivity contribution in [1.82, 2.24) is 4.90 Å². The van der Waals surface area contributed by atoms with Gasteiger partial charge in [0.05, 0.1) is 34.5 Å². The summed E-state index contributed by atoms with van der Waals surface area (Å²) in [5, 5.41) is 5.31. The number of nitrogens with one attached hydrogen (secondary N) is 2. The number of nitrogens with zero attached hydrogens (tertiary/aromatic N) is 1. The maximum Gasteiger partial charge on any atom is 0.338 e. The number of carbonyl (C=O) groups excluding carboxylic acids is 5. The number of anilines is 2. The van der Waals surface area contributed by atoms with Crippen LogP contribution in [0.25, 0.3) is 0 Å². The van der Waals surface area contributed by atoms with E-state index in [9.17, 15) is 24.0 Å². The highest BCUT2D eigenvalue weighted by atomic mass is 16.5. The standard InChI is InChI=1S/C26H21N3O6/c1-2-35-26(34)16-11-13-17(14-12-16)27-23(31)20-9-5-6-10-21(20)28-22(30)15-29-24(32)18-7-3-4-8-19(18)25(29)33/h3-14H,2,15H2,1H3,(H,27,31)(H,28,30). The number of hydrogen-bond donors (Lipinski definition) is 2. The predicted octanol–water partition coefficient (Wildman–Crippen LogP) is 3.35. The van der Waals surface area contributed by atoms with Gasteiger partial charge in [-0.3, -0.25) is 24.1 Å². The minimum absolute atomic E-state index is 0.178. The molecule has 0 aromatic heterocycles. The first-order valence-electron chi connectivity index (χ1n) is 10.8. The zero-order valence-electron chi connectivity index (χ0n) is 18.7. The fourth-order valence-corrected chi connectivity index (χ4v) is 3.61. The number of carbonyl (C=O) groups is 5. The molecule has 2 N–H and O–H groups in total. The smallest absolute Gasteiger partial charge is 0.338 e. The second-order valence-corrected chi connectivity index (χ2v) is 7.59. The topological polar surface area (TPSA) is 122 Å². The lowest BCUT2D eigenvalue weighted by atomic mass is 10.1. The third-order valence-electron chi connectivity index (χ3n) is 5.28. The molecule has 0 spiro atoms. The molecule has 0 atom stereocenters. The van der Waals surface area contributed by atoms with Crippen molar-refractivity contribution in [3.05, 3.63) is 95.1 Å². The first-order chi connectivity index (χ1) is 16.9. The fraction of sp³-hybridized carbons (Fsp3) is 0.115. The number of amides is 4. The normalized spacial score (nSPS) is 12.2. The van der Waals surface area contributed by atoms with Crippen LogP contribution in [0.1, 0.15) is 48.4 Å². The molecule has 0 unspecified atom stereocenters. The molecule has 35 heavy (non-hydrogen) atoms. The van der Waals surface area contributed by atoms with Crippen LogP contribution in [0.2, 0.25) is 0 Å². The van der Waals surface area contributed by atoms with E-state index in [-0.39, 0.29) is 29.0 Å². The van der Waals surface area contributed by atoms with Crippen LogP contribution >= 0.6 is 0 Å². The highest BCUT2D eigenvalue weighted by Crippen LogP contribution is 2.23. The molecule has 0 aliphatic carbocycles. The molecule has 1 heterocycles. The summed E-state index contributed by atoms with van der Waals surface area (Å²) in [7, 11) is 0. The molecule has 0 bridgehead atoms. The van der Waals surface area contributed by atoms with Crippen LogP contribution in [-0.2, 0) is 9.53 Å². The molecule has 9 nitrogen and oxygen atoms in total. The van der Waals surface area contributed by atoms with Crippen molar-refractivity contribution in [3.63, 3.8) is 0 Å². The van der Waals surface area contributed by atoms with Crippen LogP contribution < -0.4 is 10.6 Å². The van der Waals surface area contributed by atoms with Crippen molar-refractivity contribution in [2.75, 3.05) is 23.8 Å². The molecule has 1 aliphatic rings. The van der Waals surface area contributed by atoms with Gasteiger partial charge in [-0.25, -0.2) is 4.79 Å². The van der Waals surface area contributed by atoms with Crippen LogP contribution in [-0.4, -0.2) is 47.6 Å². The van der Waals surface area contributed by atoms with Gasteiger partial charge in [-0.1, -0.05) is 24.3 Å². The average Bonchev–Trinajstić information content (AvgIpc) is 3.10. The lowest BCUT2D eigenvalue weighted by Crippen LogP contribution is -2.37. The van der Waals surface area contributed by atoms with Gasteiger partial charge in [0.15, 0.2) is 0 Å². The van der Waals surface area contributed by atoms with E-state index in [2.05, 4.69) is 10.6 Å². The van der Waals surface area contributed by atoms with Crippen molar-refractivity contribution in [1.29, 1.82) is 0 Å². The summed E-state index contributed by atoms with van der Waals surface area (Å²) in [5.41, 5.74) is 1.69. The molecule has 4 rings (SSSR count). The van der Waals surface area contributed by atoms with Crippen LogP contribution in [0, 0.1) is 0 Å². The van der Waals surface area contributed by atoms with Gasteiger partial charge in [0.25, 0.3) is 17.7 Å². The minimum Gasteiger partial charge on any atom is -0.462 e. The van der Waals surface area contributed by atoms with E-state index in [1.54, 1.807) is 49.4 Å². The third-order valence-corrected chi connectivity index (χ3v) is 5.28. The van der Waals surface area contributed by atoms with E-state index in [0.717, 1.165) is 4.90 Å². The Bertz CT molecular complexity index is 1300. The van der Waals surface area contributed by atoms with Crippen molar-refractivity contribution in [2.45, 2.75) is 6.92 Å². The van der Waals surface area contributed by atoms with E-state index in [1.165, 1.54) is 30.3 Å².